The lowest BCUT2D eigenvalue weighted by Crippen LogP contribution is -2.36. The second kappa shape index (κ2) is 9.30. The number of sulfonamides is 1. The molecule has 0 aliphatic carbocycles. The third-order valence-electron chi connectivity index (χ3n) is 5.36. The van der Waals surface area contributed by atoms with Crippen molar-refractivity contribution in [1.82, 2.24) is 0 Å². The molecule has 1 aliphatic rings. The van der Waals surface area contributed by atoms with E-state index in [1.807, 2.05) is 55.5 Å². The minimum absolute atomic E-state index is 0.213. The molecule has 3 aromatic rings. The Balaban J connectivity index is 1.69. The highest BCUT2D eigenvalue weighted by atomic mass is 35.5. The van der Waals surface area contributed by atoms with E-state index < -0.39 is 10.0 Å². The van der Waals surface area contributed by atoms with E-state index in [2.05, 4.69) is 4.90 Å². The van der Waals surface area contributed by atoms with Gasteiger partial charge in [0.1, 0.15) is 0 Å². The molecule has 7 heteroatoms. The Hall–Kier alpha value is -2.54. The summed E-state index contributed by atoms with van der Waals surface area (Å²) in [6.45, 7) is 5.21. The SMILES string of the molecule is Cc1ccc(S(=O)(=O)N(Cc2ccc(Cl)cc2)c2ccc(N3CCOCC3)cc2)cc1. The maximum atomic E-state index is 13.6. The van der Waals surface area contributed by atoms with Crippen molar-refractivity contribution in [3.05, 3.63) is 88.9 Å². The average molecular weight is 457 g/mol. The van der Waals surface area contributed by atoms with E-state index in [0.29, 0.717) is 23.9 Å². The molecule has 0 amide bonds. The minimum atomic E-state index is -3.75. The Labute approximate surface area is 188 Å². The Morgan fingerprint density at radius 2 is 1.52 bits per heavy atom. The van der Waals surface area contributed by atoms with Crippen LogP contribution in [-0.2, 0) is 21.3 Å². The van der Waals surface area contributed by atoms with Crippen LogP contribution >= 0.6 is 11.6 Å². The first kappa shape index (κ1) is 21.7. The fraction of sp³-hybridized carbons (Fsp3) is 0.250. The first-order valence-electron chi connectivity index (χ1n) is 10.2. The zero-order chi connectivity index (χ0) is 21.8. The van der Waals surface area contributed by atoms with Crippen LogP contribution in [0.2, 0.25) is 5.02 Å². The van der Waals surface area contributed by atoms with Gasteiger partial charge in [0.05, 0.1) is 30.3 Å². The highest BCUT2D eigenvalue weighted by Crippen LogP contribution is 2.29. The van der Waals surface area contributed by atoms with Crippen LogP contribution in [-0.4, -0.2) is 34.7 Å². The van der Waals surface area contributed by atoms with Gasteiger partial charge in [-0.1, -0.05) is 41.4 Å². The van der Waals surface area contributed by atoms with Crippen molar-refractivity contribution < 1.29 is 13.2 Å². The number of halogens is 1. The largest absolute Gasteiger partial charge is 0.378 e. The van der Waals surface area contributed by atoms with Gasteiger partial charge in [0.15, 0.2) is 0 Å². The first-order valence-corrected chi connectivity index (χ1v) is 12.0. The molecule has 1 heterocycles. The zero-order valence-corrected chi connectivity index (χ0v) is 18.9. The average Bonchev–Trinajstić information content (AvgIpc) is 2.79. The summed E-state index contributed by atoms with van der Waals surface area (Å²) in [5.74, 6) is 0. The van der Waals surface area contributed by atoms with E-state index in [0.717, 1.165) is 29.9 Å². The lowest BCUT2D eigenvalue weighted by molar-refractivity contribution is 0.122. The van der Waals surface area contributed by atoms with Crippen LogP contribution in [0.25, 0.3) is 0 Å². The summed E-state index contributed by atoms with van der Waals surface area (Å²) in [4.78, 5) is 2.51. The van der Waals surface area contributed by atoms with Crippen LogP contribution in [0.15, 0.2) is 77.7 Å². The van der Waals surface area contributed by atoms with Gasteiger partial charge < -0.3 is 9.64 Å². The van der Waals surface area contributed by atoms with Gasteiger partial charge in [0.2, 0.25) is 0 Å². The molecule has 1 fully saturated rings. The predicted octanol–water partition coefficient (Wildman–Crippen LogP) is 4.88. The van der Waals surface area contributed by atoms with E-state index in [-0.39, 0.29) is 11.4 Å². The number of hydrogen-bond donors (Lipinski definition) is 0. The molecule has 0 saturated carbocycles. The van der Waals surface area contributed by atoms with Crippen molar-refractivity contribution in [2.45, 2.75) is 18.4 Å². The third-order valence-corrected chi connectivity index (χ3v) is 7.40. The van der Waals surface area contributed by atoms with Gasteiger partial charge in [-0.2, -0.15) is 0 Å². The smallest absolute Gasteiger partial charge is 0.264 e. The summed E-state index contributed by atoms with van der Waals surface area (Å²) < 4.78 is 34.0. The van der Waals surface area contributed by atoms with Gasteiger partial charge in [-0.15, -0.1) is 0 Å². The Bertz CT molecular complexity index is 1110. The van der Waals surface area contributed by atoms with Crippen molar-refractivity contribution in [1.29, 1.82) is 0 Å². The van der Waals surface area contributed by atoms with E-state index in [9.17, 15) is 8.42 Å². The van der Waals surface area contributed by atoms with E-state index in [1.54, 1.807) is 24.3 Å². The molecule has 0 bridgehead atoms. The van der Waals surface area contributed by atoms with Crippen LogP contribution in [0.5, 0.6) is 0 Å². The molecule has 162 valence electrons. The monoisotopic (exact) mass is 456 g/mol. The van der Waals surface area contributed by atoms with Gasteiger partial charge in [-0.25, -0.2) is 8.42 Å². The number of hydrogen-bond acceptors (Lipinski definition) is 4. The second-order valence-corrected chi connectivity index (χ2v) is 9.87. The quantitative estimate of drug-likeness (QED) is 0.530. The molecule has 31 heavy (non-hydrogen) atoms. The second-order valence-electron chi connectivity index (χ2n) is 7.57. The molecule has 4 rings (SSSR count). The summed E-state index contributed by atoms with van der Waals surface area (Å²) >= 11 is 6.01. The van der Waals surface area contributed by atoms with E-state index in [4.69, 9.17) is 16.3 Å². The van der Waals surface area contributed by atoms with Gasteiger partial charge in [0, 0.05) is 23.8 Å². The Kier molecular flexibility index (Phi) is 6.51. The van der Waals surface area contributed by atoms with E-state index in [1.165, 1.54) is 4.31 Å². The molecule has 0 spiro atoms. The molecule has 0 atom stereocenters. The number of nitrogens with zero attached hydrogens (tertiary/aromatic N) is 2. The predicted molar refractivity (Wildman–Crippen MR) is 125 cm³/mol. The molecule has 5 nitrogen and oxygen atoms in total. The van der Waals surface area contributed by atoms with Crippen molar-refractivity contribution in [3.8, 4) is 0 Å². The highest BCUT2D eigenvalue weighted by molar-refractivity contribution is 7.92. The fourth-order valence-electron chi connectivity index (χ4n) is 3.56. The van der Waals surface area contributed by atoms with Gasteiger partial charge in [-0.05, 0) is 61.0 Å². The molecule has 3 aromatic carbocycles. The number of anilines is 2. The number of aryl methyl sites for hydroxylation is 1. The van der Waals surface area contributed by atoms with Crippen molar-refractivity contribution >= 4 is 33.0 Å². The lowest BCUT2D eigenvalue weighted by Gasteiger charge is -2.30. The molecule has 1 saturated heterocycles. The third kappa shape index (κ3) is 5.03. The van der Waals surface area contributed by atoms with Crippen LogP contribution in [0.4, 0.5) is 11.4 Å². The summed E-state index contributed by atoms with van der Waals surface area (Å²) in [7, 11) is -3.75. The first-order chi connectivity index (χ1) is 14.9. The van der Waals surface area contributed by atoms with Crippen molar-refractivity contribution in [2.75, 3.05) is 35.5 Å². The summed E-state index contributed by atoms with van der Waals surface area (Å²) in [5.41, 5.74) is 3.55. The Morgan fingerprint density at radius 1 is 0.903 bits per heavy atom. The number of rotatable bonds is 6. The fourth-order valence-corrected chi connectivity index (χ4v) is 5.14. The zero-order valence-electron chi connectivity index (χ0n) is 17.4. The Morgan fingerprint density at radius 3 is 2.13 bits per heavy atom. The number of morpholine rings is 1. The molecule has 0 radical (unpaired) electrons. The van der Waals surface area contributed by atoms with Gasteiger partial charge in [0.25, 0.3) is 10.0 Å². The molecule has 0 aromatic heterocycles. The summed E-state index contributed by atoms with van der Waals surface area (Å²) in [6.07, 6.45) is 0. The van der Waals surface area contributed by atoms with E-state index >= 15 is 0 Å². The van der Waals surface area contributed by atoms with Crippen LogP contribution in [0.3, 0.4) is 0 Å². The minimum Gasteiger partial charge on any atom is -0.378 e. The number of benzene rings is 3. The maximum Gasteiger partial charge on any atom is 0.264 e. The normalized spacial score (nSPS) is 14.5. The van der Waals surface area contributed by atoms with Crippen molar-refractivity contribution in [3.63, 3.8) is 0 Å². The van der Waals surface area contributed by atoms with Crippen LogP contribution < -0.4 is 9.21 Å². The van der Waals surface area contributed by atoms with Gasteiger partial charge in [-0.3, -0.25) is 4.31 Å². The molecular weight excluding hydrogens is 432 g/mol. The summed E-state index contributed by atoms with van der Waals surface area (Å²) in [6, 6.07) is 21.9. The number of ether oxygens (including phenoxy) is 1. The van der Waals surface area contributed by atoms with Crippen LogP contribution in [0.1, 0.15) is 11.1 Å². The highest BCUT2D eigenvalue weighted by Gasteiger charge is 2.25. The van der Waals surface area contributed by atoms with Gasteiger partial charge >= 0.3 is 0 Å². The lowest BCUT2D eigenvalue weighted by atomic mass is 10.2. The maximum absolute atomic E-state index is 13.6. The molecular formula is C24H25ClN2O3S. The molecule has 0 N–H and O–H groups in total. The summed E-state index contributed by atoms with van der Waals surface area (Å²) in [5, 5.41) is 0.617. The van der Waals surface area contributed by atoms with Crippen LogP contribution in [0, 0.1) is 6.92 Å². The molecule has 0 unspecified atom stereocenters. The standard InChI is InChI=1S/C24H25ClN2O3S/c1-19-2-12-24(13-3-19)31(28,29)27(18-20-4-6-21(25)7-5-20)23-10-8-22(9-11-23)26-14-16-30-17-15-26/h2-13H,14-18H2,1H3. The van der Waals surface area contributed by atoms with Crippen molar-refractivity contribution in [2.24, 2.45) is 0 Å². The molecule has 1 aliphatic heterocycles. The topological polar surface area (TPSA) is 49.9 Å².